The van der Waals surface area contributed by atoms with E-state index < -0.39 is 0 Å². The zero-order valence-corrected chi connectivity index (χ0v) is 27.1. The zero-order valence-electron chi connectivity index (χ0n) is 27.1. The van der Waals surface area contributed by atoms with Crippen molar-refractivity contribution in [3.05, 3.63) is 175 Å². The van der Waals surface area contributed by atoms with Gasteiger partial charge >= 0.3 is 0 Å². The van der Waals surface area contributed by atoms with E-state index in [4.69, 9.17) is 0 Å². The van der Waals surface area contributed by atoms with Crippen molar-refractivity contribution in [1.82, 2.24) is 0 Å². The van der Waals surface area contributed by atoms with Crippen molar-refractivity contribution < 1.29 is 9.67 Å². The van der Waals surface area contributed by atoms with Gasteiger partial charge in [0.1, 0.15) is 5.75 Å². The Kier molecular flexibility index (Phi) is 8.01. The number of hydrogen-bond acceptors (Lipinski definition) is 1. The third-order valence-electron chi connectivity index (χ3n) is 8.81. The molecule has 7 rings (SSSR count). The molecule has 0 amide bonds. The maximum Gasteiger partial charge on any atom is 0.219 e. The zero-order chi connectivity index (χ0) is 32.4. The van der Waals surface area contributed by atoms with E-state index in [9.17, 15) is 5.11 Å². The smallest absolute Gasteiger partial charge is 0.219 e. The van der Waals surface area contributed by atoms with Crippen LogP contribution in [0.4, 0.5) is 0 Å². The van der Waals surface area contributed by atoms with E-state index in [2.05, 4.69) is 159 Å². The molecule has 7 aromatic rings. The molecule has 47 heavy (non-hydrogen) atoms. The Bertz CT molecular complexity index is 2010. The maximum absolute atomic E-state index is 11.8. The number of nitrogens with zero attached hydrogens (tertiary/aromatic N) is 1. The topological polar surface area (TPSA) is 24.1 Å². The summed E-state index contributed by atoms with van der Waals surface area (Å²) >= 11 is 0. The van der Waals surface area contributed by atoms with Gasteiger partial charge in [-0.2, -0.15) is 4.57 Å². The lowest BCUT2D eigenvalue weighted by molar-refractivity contribution is -0.572. The first kappa shape index (κ1) is 30.0. The Morgan fingerprint density at radius 2 is 0.787 bits per heavy atom. The molecule has 1 N–H and O–H groups in total. The van der Waals surface area contributed by atoms with Gasteiger partial charge in [0, 0.05) is 46.5 Å². The van der Waals surface area contributed by atoms with Crippen molar-refractivity contribution in [2.45, 2.75) is 26.2 Å². The van der Waals surface area contributed by atoms with Gasteiger partial charge in [0.2, 0.25) is 17.1 Å². The van der Waals surface area contributed by atoms with E-state index in [-0.39, 0.29) is 11.2 Å². The molecule has 0 aliphatic rings. The minimum absolute atomic E-state index is 0.0778. The molecule has 6 aromatic carbocycles. The highest BCUT2D eigenvalue weighted by molar-refractivity contribution is 5.84. The molecule has 0 saturated carbocycles. The number of aromatic nitrogens is 1. The van der Waals surface area contributed by atoms with E-state index in [1.54, 1.807) is 0 Å². The fraction of sp³-hybridized carbons (Fsp3) is 0.0889. The first-order chi connectivity index (χ1) is 22.9. The van der Waals surface area contributed by atoms with Crippen LogP contribution in [0.15, 0.2) is 170 Å². The van der Waals surface area contributed by atoms with Gasteiger partial charge in [-0.3, -0.25) is 0 Å². The summed E-state index contributed by atoms with van der Waals surface area (Å²) < 4.78 is 2.34. The standard InChI is InChI=1S/C45H37NO/c1-45(2,3)38-26-24-32(25-27-38)37-28-42(35-20-12-6-13-21-35)46(43(29-37)36-22-14-7-15-23-36)39-30-40(33-16-8-4-9-17-33)44(47)41(31-39)34-18-10-5-11-19-34/h4-31H,1-3H3/p+1. The Hall–Kier alpha value is -5.73. The number of hydrogen-bond donors (Lipinski definition) is 1. The molecule has 0 aliphatic heterocycles. The molecule has 0 aliphatic carbocycles. The lowest BCUT2D eigenvalue weighted by Crippen LogP contribution is -2.36. The largest absolute Gasteiger partial charge is 0.507 e. The van der Waals surface area contributed by atoms with Crippen molar-refractivity contribution in [1.29, 1.82) is 0 Å². The third-order valence-corrected chi connectivity index (χ3v) is 8.81. The summed E-state index contributed by atoms with van der Waals surface area (Å²) in [5.74, 6) is 0.268. The minimum atomic E-state index is 0.0778. The predicted molar refractivity (Wildman–Crippen MR) is 196 cm³/mol. The molecular weight excluding hydrogens is 571 g/mol. The second-order valence-electron chi connectivity index (χ2n) is 13.0. The molecule has 0 radical (unpaired) electrons. The number of phenols is 1. The minimum Gasteiger partial charge on any atom is -0.507 e. The highest BCUT2D eigenvalue weighted by atomic mass is 16.3. The fourth-order valence-electron chi connectivity index (χ4n) is 6.27. The fourth-order valence-corrected chi connectivity index (χ4v) is 6.27. The second kappa shape index (κ2) is 12.6. The summed E-state index contributed by atoms with van der Waals surface area (Å²) in [4.78, 5) is 0. The van der Waals surface area contributed by atoms with Gasteiger partial charge in [0.15, 0.2) is 0 Å². The van der Waals surface area contributed by atoms with Crippen LogP contribution in [0.2, 0.25) is 0 Å². The van der Waals surface area contributed by atoms with E-state index >= 15 is 0 Å². The number of pyridine rings is 1. The van der Waals surface area contributed by atoms with Crippen LogP contribution in [-0.2, 0) is 5.41 Å². The average Bonchev–Trinajstić information content (AvgIpc) is 3.12. The summed E-state index contributed by atoms with van der Waals surface area (Å²) in [5, 5.41) is 11.8. The van der Waals surface area contributed by atoms with Crippen LogP contribution in [0.5, 0.6) is 5.75 Å². The molecule has 228 valence electrons. The number of aromatic hydroxyl groups is 1. The van der Waals surface area contributed by atoms with Gasteiger partial charge in [-0.15, -0.1) is 0 Å². The van der Waals surface area contributed by atoms with Crippen LogP contribution in [0.25, 0.3) is 61.6 Å². The van der Waals surface area contributed by atoms with Gasteiger partial charge in [0.05, 0.1) is 0 Å². The number of benzene rings is 6. The Balaban J connectivity index is 1.56. The Morgan fingerprint density at radius 1 is 0.404 bits per heavy atom. The third kappa shape index (κ3) is 6.11. The number of phenolic OH excluding ortho intramolecular Hbond substituents is 1. The van der Waals surface area contributed by atoms with Crippen LogP contribution >= 0.6 is 0 Å². The van der Waals surface area contributed by atoms with E-state index in [1.807, 2.05) is 36.4 Å². The lowest BCUT2D eigenvalue weighted by Gasteiger charge is -2.19. The molecule has 2 nitrogen and oxygen atoms in total. The Morgan fingerprint density at radius 3 is 1.17 bits per heavy atom. The molecule has 2 heteroatoms. The van der Waals surface area contributed by atoms with Crippen molar-refractivity contribution >= 4 is 0 Å². The normalized spacial score (nSPS) is 11.4. The van der Waals surface area contributed by atoms with E-state index in [0.29, 0.717) is 0 Å². The van der Waals surface area contributed by atoms with Crippen LogP contribution < -0.4 is 4.57 Å². The maximum atomic E-state index is 11.8. The van der Waals surface area contributed by atoms with Crippen LogP contribution in [0.3, 0.4) is 0 Å². The van der Waals surface area contributed by atoms with Gasteiger partial charge in [-0.25, -0.2) is 0 Å². The van der Waals surface area contributed by atoms with Crippen LogP contribution in [0.1, 0.15) is 26.3 Å². The van der Waals surface area contributed by atoms with E-state index in [0.717, 1.165) is 56.0 Å². The summed E-state index contributed by atoms with van der Waals surface area (Å²) in [7, 11) is 0. The monoisotopic (exact) mass is 608 g/mol. The summed E-state index contributed by atoms with van der Waals surface area (Å²) in [6.45, 7) is 6.75. The highest BCUT2D eigenvalue weighted by Gasteiger charge is 2.28. The van der Waals surface area contributed by atoms with Gasteiger partial charge in [-0.1, -0.05) is 142 Å². The first-order valence-corrected chi connectivity index (χ1v) is 16.2. The van der Waals surface area contributed by atoms with Crippen molar-refractivity contribution in [2.24, 2.45) is 0 Å². The Labute approximate surface area is 277 Å². The summed E-state index contributed by atoms with van der Waals surface area (Å²) in [6.07, 6.45) is 0. The van der Waals surface area contributed by atoms with E-state index in [1.165, 1.54) is 11.1 Å². The SMILES string of the molecule is CC(C)(C)c1ccc(-c2cc(-c3ccccc3)[n+](-c3cc(-c4ccccc4)c(O)c(-c4ccccc4)c3)c(-c3ccccc3)c2)cc1. The van der Waals surface area contributed by atoms with Crippen molar-refractivity contribution in [3.8, 4) is 67.3 Å². The highest BCUT2D eigenvalue weighted by Crippen LogP contribution is 2.41. The molecule has 0 unspecified atom stereocenters. The predicted octanol–water partition coefficient (Wildman–Crippen LogP) is 11.3. The molecular formula is C45H38NO+. The molecule has 0 bridgehead atoms. The summed E-state index contributed by atoms with van der Waals surface area (Å²) in [5.41, 5.74) is 12.5. The quantitative estimate of drug-likeness (QED) is 0.187. The number of rotatable bonds is 6. The lowest BCUT2D eigenvalue weighted by atomic mass is 9.86. The molecule has 0 saturated heterocycles. The molecule has 1 aromatic heterocycles. The van der Waals surface area contributed by atoms with Crippen molar-refractivity contribution in [2.75, 3.05) is 0 Å². The molecule has 0 fully saturated rings. The first-order valence-electron chi connectivity index (χ1n) is 16.2. The average molecular weight is 609 g/mol. The van der Waals surface area contributed by atoms with Gasteiger partial charge in [-0.05, 0) is 57.5 Å². The van der Waals surface area contributed by atoms with Gasteiger partial charge < -0.3 is 5.11 Å². The molecule has 0 atom stereocenters. The van der Waals surface area contributed by atoms with Crippen LogP contribution in [0, 0.1) is 0 Å². The molecule has 0 spiro atoms. The molecule has 1 heterocycles. The van der Waals surface area contributed by atoms with Crippen molar-refractivity contribution in [3.63, 3.8) is 0 Å². The second-order valence-corrected chi connectivity index (χ2v) is 13.0. The van der Waals surface area contributed by atoms with Gasteiger partial charge in [0.25, 0.3) is 0 Å². The van der Waals surface area contributed by atoms with Crippen LogP contribution in [-0.4, -0.2) is 5.11 Å². The summed E-state index contributed by atoms with van der Waals surface area (Å²) in [6, 6.07) is 59.3.